The number of aliphatic hydroxyl groups excluding tert-OH is 2. The van der Waals surface area contributed by atoms with Crippen LogP contribution in [-0.2, 0) is 14.3 Å². The monoisotopic (exact) mass is 228 g/mol. The molecule has 0 bridgehead atoms. The van der Waals surface area contributed by atoms with Crippen LogP contribution in [0.15, 0.2) is 11.8 Å². The smallest absolute Gasteiger partial charge is 0.337 e. The molecular formula is C11H16O5. The van der Waals surface area contributed by atoms with E-state index in [1.54, 1.807) is 0 Å². The minimum absolute atomic E-state index is 0.00615. The molecule has 1 fully saturated rings. The lowest BCUT2D eigenvalue weighted by molar-refractivity contribution is -0.146. The van der Waals surface area contributed by atoms with E-state index in [1.165, 1.54) is 13.4 Å². The lowest BCUT2D eigenvalue weighted by atomic mass is 9.83. The SMILES string of the molecule is COC(=O)C1=CO[C@@H](O)[C@@H]2[C@@H](CO)CC[C@H]12. The maximum atomic E-state index is 11.5. The van der Waals surface area contributed by atoms with Crippen LogP contribution in [-0.4, -0.2) is 36.2 Å². The average Bonchev–Trinajstić information content (AvgIpc) is 2.73. The van der Waals surface area contributed by atoms with Crippen molar-refractivity contribution in [1.29, 1.82) is 0 Å². The molecule has 90 valence electrons. The number of hydrogen-bond donors (Lipinski definition) is 2. The highest BCUT2D eigenvalue weighted by atomic mass is 16.6. The summed E-state index contributed by atoms with van der Waals surface area (Å²) < 4.78 is 9.71. The van der Waals surface area contributed by atoms with Crippen LogP contribution in [0.3, 0.4) is 0 Å². The maximum Gasteiger partial charge on any atom is 0.337 e. The zero-order valence-electron chi connectivity index (χ0n) is 9.13. The van der Waals surface area contributed by atoms with Crippen molar-refractivity contribution >= 4 is 5.97 Å². The zero-order valence-corrected chi connectivity index (χ0v) is 9.13. The quantitative estimate of drug-likeness (QED) is 0.652. The molecule has 0 aromatic rings. The van der Waals surface area contributed by atoms with E-state index in [4.69, 9.17) is 4.74 Å². The van der Waals surface area contributed by atoms with Crippen molar-refractivity contribution in [2.24, 2.45) is 17.8 Å². The molecule has 4 atom stereocenters. The summed E-state index contributed by atoms with van der Waals surface area (Å²) in [5.74, 6) is -0.689. The number of carbonyl (C=O) groups excluding carboxylic acids is 1. The molecule has 2 N–H and O–H groups in total. The topological polar surface area (TPSA) is 76.0 Å². The molecule has 0 unspecified atom stereocenters. The fourth-order valence-corrected chi connectivity index (χ4v) is 2.75. The Morgan fingerprint density at radius 3 is 3.00 bits per heavy atom. The minimum Gasteiger partial charge on any atom is -0.472 e. The normalized spacial score (nSPS) is 37.3. The van der Waals surface area contributed by atoms with E-state index in [-0.39, 0.29) is 24.4 Å². The third kappa shape index (κ3) is 1.70. The van der Waals surface area contributed by atoms with Gasteiger partial charge >= 0.3 is 5.97 Å². The van der Waals surface area contributed by atoms with Gasteiger partial charge in [0.05, 0.1) is 18.9 Å². The van der Waals surface area contributed by atoms with Crippen molar-refractivity contribution in [3.8, 4) is 0 Å². The van der Waals surface area contributed by atoms with Gasteiger partial charge in [-0.15, -0.1) is 0 Å². The van der Waals surface area contributed by atoms with Crippen molar-refractivity contribution in [3.05, 3.63) is 11.8 Å². The molecule has 1 aliphatic heterocycles. The van der Waals surface area contributed by atoms with Crippen LogP contribution in [0.1, 0.15) is 12.8 Å². The molecular weight excluding hydrogens is 212 g/mol. The van der Waals surface area contributed by atoms with E-state index in [0.29, 0.717) is 5.57 Å². The van der Waals surface area contributed by atoms with Gasteiger partial charge in [-0.1, -0.05) is 0 Å². The standard InChI is InChI=1S/C11H16O5/c1-15-10(13)8-5-16-11(14)9-6(4-12)2-3-7(8)9/h5-7,9,11-12,14H,2-4H2,1H3/t6-,7-,9-,11-/m1/s1. The summed E-state index contributed by atoms with van der Waals surface area (Å²) in [5, 5.41) is 18.9. The van der Waals surface area contributed by atoms with E-state index >= 15 is 0 Å². The van der Waals surface area contributed by atoms with Gasteiger partial charge < -0.3 is 19.7 Å². The van der Waals surface area contributed by atoms with Crippen LogP contribution in [0.2, 0.25) is 0 Å². The lowest BCUT2D eigenvalue weighted by Gasteiger charge is -2.32. The van der Waals surface area contributed by atoms with Crippen LogP contribution in [0.4, 0.5) is 0 Å². The Balaban J connectivity index is 2.23. The first-order chi connectivity index (χ1) is 7.69. The number of rotatable bonds is 2. The number of ether oxygens (including phenoxy) is 2. The number of aliphatic hydroxyl groups is 2. The van der Waals surface area contributed by atoms with Gasteiger partial charge in [0.2, 0.25) is 0 Å². The summed E-state index contributed by atoms with van der Waals surface area (Å²) >= 11 is 0. The van der Waals surface area contributed by atoms with Gasteiger partial charge in [-0.25, -0.2) is 4.79 Å². The van der Waals surface area contributed by atoms with Gasteiger partial charge in [-0.05, 0) is 18.8 Å². The third-order valence-electron chi connectivity index (χ3n) is 3.58. The summed E-state index contributed by atoms with van der Waals surface area (Å²) in [5.41, 5.74) is 0.466. The van der Waals surface area contributed by atoms with Crippen LogP contribution in [0, 0.1) is 17.8 Å². The molecule has 5 heteroatoms. The Kier molecular flexibility index (Phi) is 3.16. The molecule has 1 saturated carbocycles. The Labute approximate surface area is 93.7 Å². The number of hydrogen-bond acceptors (Lipinski definition) is 5. The Bertz CT molecular complexity index is 311. The lowest BCUT2D eigenvalue weighted by Crippen LogP contribution is -2.37. The van der Waals surface area contributed by atoms with Gasteiger partial charge in [0, 0.05) is 18.4 Å². The van der Waals surface area contributed by atoms with E-state index in [2.05, 4.69) is 4.74 Å². The Morgan fingerprint density at radius 1 is 1.62 bits per heavy atom. The van der Waals surface area contributed by atoms with Crippen LogP contribution >= 0.6 is 0 Å². The number of fused-ring (bicyclic) bond motifs is 1. The van der Waals surface area contributed by atoms with Crippen LogP contribution < -0.4 is 0 Å². The predicted molar refractivity (Wildman–Crippen MR) is 54.0 cm³/mol. The van der Waals surface area contributed by atoms with Crippen molar-refractivity contribution in [2.75, 3.05) is 13.7 Å². The van der Waals surface area contributed by atoms with E-state index in [9.17, 15) is 15.0 Å². The highest BCUT2D eigenvalue weighted by molar-refractivity contribution is 5.88. The third-order valence-corrected chi connectivity index (χ3v) is 3.58. The van der Waals surface area contributed by atoms with E-state index in [0.717, 1.165) is 12.8 Å². The van der Waals surface area contributed by atoms with Gasteiger partial charge in [0.25, 0.3) is 0 Å². The molecule has 0 spiro atoms. The fourth-order valence-electron chi connectivity index (χ4n) is 2.75. The van der Waals surface area contributed by atoms with E-state index in [1.807, 2.05) is 0 Å². The minimum atomic E-state index is -0.932. The Hall–Kier alpha value is -1.07. The van der Waals surface area contributed by atoms with Crippen molar-refractivity contribution < 1.29 is 24.5 Å². The second-order valence-electron chi connectivity index (χ2n) is 4.30. The summed E-state index contributed by atoms with van der Waals surface area (Å²) in [7, 11) is 1.32. The number of carbonyl (C=O) groups is 1. The number of esters is 1. The Morgan fingerprint density at radius 2 is 2.38 bits per heavy atom. The van der Waals surface area contributed by atoms with Crippen LogP contribution in [0.5, 0.6) is 0 Å². The van der Waals surface area contributed by atoms with Crippen molar-refractivity contribution in [1.82, 2.24) is 0 Å². The first-order valence-electron chi connectivity index (χ1n) is 5.41. The average molecular weight is 228 g/mol. The molecule has 0 radical (unpaired) electrons. The molecule has 2 aliphatic rings. The number of methoxy groups -OCH3 is 1. The van der Waals surface area contributed by atoms with Crippen LogP contribution in [0.25, 0.3) is 0 Å². The van der Waals surface area contributed by atoms with Gasteiger partial charge in [0.15, 0.2) is 6.29 Å². The second-order valence-corrected chi connectivity index (χ2v) is 4.30. The zero-order chi connectivity index (χ0) is 11.7. The molecule has 0 saturated heterocycles. The summed E-state index contributed by atoms with van der Waals surface area (Å²) in [6.45, 7) is 0.00996. The van der Waals surface area contributed by atoms with Gasteiger partial charge in [0.1, 0.15) is 0 Å². The van der Waals surface area contributed by atoms with E-state index < -0.39 is 12.3 Å². The summed E-state index contributed by atoms with van der Waals surface area (Å²) in [6.07, 6.45) is 1.92. The summed E-state index contributed by atoms with van der Waals surface area (Å²) in [4.78, 5) is 11.5. The predicted octanol–water partition coefficient (Wildman–Crippen LogP) is 0.0266. The molecule has 0 aromatic carbocycles. The highest BCUT2D eigenvalue weighted by Gasteiger charge is 2.47. The van der Waals surface area contributed by atoms with Gasteiger partial charge in [-0.3, -0.25) is 0 Å². The van der Waals surface area contributed by atoms with Crippen molar-refractivity contribution in [2.45, 2.75) is 19.1 Å². The largest absolute Gasteiger partial charge is 0.472 e. The molecule has 0 amide bonds. The second kappa shape index (κ2) is 4.43. The molecule has 5 nitrogen and oxygen atoms in total. The molecule has 16 heavy (non-hydrogen) atoms. The first kappa shape index (κ1) is 11.4. The van der Waals surface area contributed by atoms with Crippen molar-refractivity contribution in [3.63, 3.8) is 0 Å². The maximum absolute atomic E-state index is 11.5. The first-order valence-corrected chi connectivity index (χ1v) is 5.41. The fraction of sp³-hybridized carbons (Fsp3) is 0.727. The molecule has 1 heterocycles. The highest BCUT2D eigenvalue weighted by Crippen LogP contribution is 2.45. The molecule has 2 rings (SSSR count). The molecule has 0 aromatic heterocycles. The van der Waals surface area contributed by atoms with Gasteiger partial charge in [-0.2, -0.15) is 0 Å². The summed E-state index contributed by atoms with van der Waals surface area (Å²) in [6, 6.07) is 0. The molecule has 1 aliphatic carbocycles.